The van der Waals surface area contributed by atoms with Gasteiger partial charge in [0.15, 0.2) is 5.79 Å². The number of aromatic nitrogens is 1. The lowest BCUT2D eigenvalue weighted by atomic mass is 9.80. The smallest absolute Gasteiger partial charge is 0.306 e. The zero-order valence-electron chi connectivity index (χ0n) is 19.2. The lowest BCUT2D eigenvalue weighted by molar-refractivity contribution is -0.344. The first-order chi connectivity index (χ1) is 14.5. The van der Waals surface area contributed by atoms with Gasteiger partial charge in [-0.25, -0.2) is 4.39 Å². The normalized spacial score (nSPS) is 23.3. The van der Waals surface area contributed by atoms with E-state index >= 15 is 0 Å². The van der Waals surface area contributed by atoms with E-state index < -0.39 is 17.4 Å². The zero-order valence-corrected chi connectivity index (χ0v) is 19.2. The molecule has 1 aromatic heterocycles. The molecule has 3 rings (SSSR count). The molecule has 5 nitrogen and oxygen atoms in total. The van der Waals surface area contributed by atoms with Crippen LogP contribution in [0.4, 0.5) is 4.39 Å². The van der Waals surface area contributed by atoms with Crippen LogP contribution in [0.25, 0.3) is 11.3 Å². The number of aliphatic carboxylic acids is 1. The summed E-state index contributed by atoms with van der Waals surface area (Å²) in [5.41, 5.74) is 2.45. The van der Waals surface area contributed by atoms with Crippen LogP contribution in [-0.4, -0.2) is 33.1 Å². The monoisotopic (exact) mass is 431 g/mol. The molecule has 1 N–H and O–H groups in total. The molecule has 0 spiro atoms. The fourth-order valence-corrected chi connectivity index (χ4v) is 4.69. The van der Waals surface area contributed by atoms with Gasteiger partial charge in [0.2, 0.25) is 0 Å². The molecule has 0 radical (unpaired) electrons. The van der Waals surface area contributed by atoms with Gasteiger partial charge in [-0.05, 0) is 74.6 Å². The van der Waals surface area contributed by atoms with Crippen molar-refractivity contribution in [3.8, 4) is 11.3 Å². The molecule has 0 amide bonds. The summed E-state index contributed by atoms with van der Waals surface area (Å²) in [6, 6.07) is 10.7. The van der Waals surface area contributed by atoms with Crippen LogP contribution in [0.3, 0.4) is 0 Å². The maximum atomic E-state index is 13.4. The van der Waals surface area contributed by atoms with Gasteiger partial charge in [-0.15, -0.1) is 0 Å². The lowest BCUT2D eigenvalue weighted by Gasteiger charge is -2.50. The Kier molecular flexibility index (Phi) is 6.92. The van der Waals surface area contributed by atoms with Crippen LogP contribution in [0.15, 0.2) is 36.4 Å². The molecular formula is C25H34FNO4. The van der Waals surface area contributed by atoms with Crippen molar-refractivity contribution in [3.63, 3.8) is 0 Å². The number of benzene rings is 1. The Bertz CT molecular complexity index is 903. The summed E-state index contributed by atoms with van der Waals surface area (Å²) < 4.78 is 28.1. The summed E-state index contributed by atoms with van der Waals surface area (Å²) in [4.78, 5) is 11.6. The van der Waals surface area contributed by atoms with Crippen molar-refractivity contribution in [2.45, 2.75) is 84.3 Å². The van der Waals surface area contributed by atoms with E-state index in [1.165, 1.54) is 17.8 Å². The van der Waals surface area contributed by atoms with Crippen LogP contribution < -0.4 is 0 Å². The van der Waals surface area contributed by atoms with E-state index in [0.717, 1.165) is 30.6 Å². The maximum Gasteiger partial charge on any atom is 0.306 e. The molecule has 1 fully saturated rings. The van der Waals surface area contributed by atoms with Crippen LogP contribution in [-0.2, 0) is 27.2 Å². The van der Waals surface area contributed by atoms with Gasteiger partial charge in [-0.2, -0.15) is 0 Å². The number of aryl methyl sites for hydroxylation is 1. The van der Waals surface area contributed by atoms with Crippen molar-refractivity contribution < 1.29 is 23.8 Å². The molecule has 31 heavy (non-hydrogen) atoms. The fourth-order valence-electron chi connectivity index (χ4n) is 4.69. The number of halogens is 1. The van der Waals surface area contributed by atoms with Crippen LogP contribution >= 0.6 is 0 Å². The lowest BCUT2D eigenvalue weighted by Crippen LogP contribution is -2.56. The second-order valence-corrected chi connectivity index (χ2v) is 9.25. The van der Waals surface area contributed by atoms with E-state index in [1.807, 2.05) is 27.7 Å². The van der Waals surface area contributed by atoms with E-state index in [-0.39, 0.29) is 24.3 Å². The Morgan fingerprint density at radius 3 is 2.48 bits per heavy atom. The van der Waals surface area contributed by atoms with Crippen LogP contribution in [0, 0.1) is 11.7 Å². The second kappa shape index (κ2) is 9.13. The first-order valence-corrected chi connectivity index (χ1v) is 11.1. The van der Waals surface area contributed by atoms with E-state index in [0.29, 0.717) is 6.42 Å². The molecule has 170 valence electrons. The van der Waals surface area contributed by atoms with Gasteiger partial charge in [0.05, 0.1) is 18.1 Å². The third kappa shape index (κ3) is 5.36. The molecule has 1 aromatic carbocycles. The summed E-state index contributed by atoms with van der Waals surface area (Å²) in [6.07, 6.45) is 1.99. The van der Waals surface area contributed by atoms with Gasteiger partial charge in [-0.3, -0.25) is 4.79 Å². The second-order valence-electron chi connectivity index (χ2n) is 9.25. The molecule has 2 aromatic rings. The van der Waals surface area contributed by atoms with Crippen LogP contribution in [0.1, 0.15) is 59.6 Å². The third-order valence-corrected chi connectivity index (χ3v) is 6.22. The predicted molar refractivity (Wildman–Crippen MR) is 118 cm³/mol. The van der Waals surface area contributed by atoms with E-state index in [9.17, 15) is 14.3 Å². The summed E-state index contributed by atoms with van der Waals surface area (Å²) >= 11 is 0. The Hall–Kier alpha value is -2.18. The van der Waals surface area contributed by atoms with Crippen molar-refractivity contribution in [3.05, 3.63) is 47.9 Å². The highest BCUT2D eigenvalue weighted by Crippen LogP contribution is 2.42. The predicted octanol–water partition coefficient (Wildman–Crippen LogP) is 5.66. The summed E-state index contributed by atoms with van der Waals surface area (Å²) in [5.74, 6) is -1.92. The van der Waals surface area contributed by atoms with Crippen molar-refractivity contribution in [1.29, 1.82) is 0 Å². The number of rotatable bonds is 8. The van der Waals surface area contributed by atoms with Gasteiger partial charge in [0, 0.05) is 24.4 Å². The van der Waals surface area contributed by atoms with Crippen LogP contribution in [0.2, 0.25) is 0 Å². The zero-order chi connectivity index (χ0) is 22.8. The minimum atomic E-state index is -0.859. The molecule has 2 atom stereocenters. The average Bonchev–Trinajstić information content (AvgIpc) is 3.08. The standard InChI is InChI=1S/C25H34FNO4/c1-6-20-11-12-22(18-7-9-19(26)10-8-18)27(20)14-13-21-15-25(17(2)3,16-23(28)29)31-24(4,5)30-21/h7-12,17,21H,6,13-16H2,1-5H3,(H,28,29). The summed E-state index contributed by atoms with van der Waals surface area (Å²) in [5, 5.41) is 9.52. The van der Waals surface area contributed by atoms with Crippen molar-refractivity contribution in [2.75, 3.05) is 0 Å². The highest BCUT2D eigenvalue weighted by Gasteiger charge is 2.48. The minimum Gasteiger partial charge on any atom is -0.481 e. The maximum absolute atomic E-state index is 13.4. The number of carboxylic acids is 1. The van der Waals surface area contributed by atoms with Crippen molar-refractivity contribution in [1.82, 2.24) is 4.57 Å². The van der Waals surface area contributed by atoms with Gasteiger partial charge in [-0.1, -0.05) is 20.8 Å². The largest absolute Gasteiger partial charge is 0.481 e. The number of carboxylic acid groups (broad SMARTS) is 1. The molecule has 0 saturated carbocycles. The van der Waals surface area contributed by atoms with Gasteiger partial charge < -0.3 is 19.1 Å². The molecule has 1 saturated heterocycles. The SMILES string of the molecule is CCc1ccc(-c2ccc(F)cc2)n1CCC1CC(CC(=O)O)(C(C)C)OC(C)(C)O1. The molecule has 1 aliphatic rings. The van der Waals surface area contributed by atoms with Crippen molar-refractivity contribution in [2.24, 2.45) is 5.92 Å². The first kappa shape index (κ1) is 23.5. The Labute approximate surface area is 184 Å². The summed E-state index contributed by atoms with van der Waals surface area (Å²) in [7, 11) is 0. The highest BCUT2D eigenvalue weighted by molar-refractivity contribution is 5.68. The number of ether oxygens (including phenoxy) is 2. The fraction of sp³-hybridized carbons (Fsp3) is 0.560. The Morgan fingerprint density at radius 1 is 1.23 bits per heavy atom. The molecule has 1 aliphatic heterocycles. The quantitative estimate of drug-likeness (QED) is 0.586. The number of hydrogen-bond donors (Lipinski definition) is 1. The Morgan fingerprint density at radius 2 is 1.90 bits per heavy atom. The minimum absolute atomic E-state index is 0.0431. The molecule has 0 bridgehead atoms. The summed E-state index contributed by atoms with van der Waals surface area (Å²) in [6.45, 7) is 10.6. The molecule has 2 heterocycles. The van der Waals surface area contributed by atoms with Crippen molar-refractivity contribution >= 4 is 5.97 Å². The van der Waals surface area contributed by atoms with E-state index in [1.54, 1.807) is 12.1 Å². The van der Waals surface area contributed by atoms with E-state index in [4.69, 9.17) is 9.47 Å². The van der Waals surface area contributed by atoms with Gasteiger partial charge in [0.1, 0.15) is 5.82 Å². The Balaban J connectivity index is 1.84. The molecule has 0 aliphatic carbocycles. The molecule has 2 unspecified atom stereocenters. The van der Waals surface area contributed by atoms with E-state index in [2.05, 4.69) is 23.6 Å². The highest BCUT2D eigenvalue weighted by atomic mass is 19.1. The third-order valence-electron chi connectivity index (χ3n) is 6.22. The first-order valence-electron chi connectivity index (χ1n) is 11.1. The molecule has 6 heteroatoms. The van der Waals surface area contributed by atoms with Gasteiger partial charge >= 0.3 is 5.97 Å². The number of carbonyl (C=O) groups is 1. The average molecular weight is 432 g/mol. The van der Waals surface area contributed by atoms with Gasteiger partial charge in [0.25, 0.3) is 0 Å². The number of hydrogen-bond acceptors (Lipinski definition) is 3. The molecular weight excluding hydrogens is 397 g/mol. The topological polar surface area (TPSA) is 60.7 Å². The van der Waals surface area contributed by atoms with Crippen LogP contribution in [0.5, 0.6) is 0 Å². The number of nitrogens with zero attached hydrogens (tertiary/aromatic N) is 1.